The van der Waals surface area contributed by atoms with E-state index in [9.17, 15) is 9.59 Å². The average molecular weight is 350 g/mol. The number of benzene rings is 2. The van der Waals surface area contributed by atoms with E-state index >= 15 is 0 Å². The minimum atomic E-state index is -0.360. The van der Waals surface area contributed by atoms with Crippen molar-refractivity contribution in [3.8, 4) is 0 Å². The van der Waals surface area contributed by atoms with E-state index in [2.05, 4.69) is 22.9 Å². The minimum Gasteiger partial charge on any atom is -0.343 e. The summed E-state index contributed by atoms with van der Waals surface area (Å²) in [4.78, 5) is 26.6. The summed E-state index contributed by atoms with van der Waals surface area (Å²) in [6, 6.07) is 13.6. The number of thioether (sulfide) groups is 1. The molecule has 25 heavy (non-hydrogen) atoms. The Morgan fingerprint density at radius 1 is 1.20 bits per heavy atom. The zero-order valence-electron chi connectivity index (χ0n) is 14.1. The molecule has 1 atom stereocenters. The highest BCUT2D eigenvalue weighted by Gasteiger charge is 2.24. The lowest BCUT2D eigenvalue weighted by Crippen LogP contribution is -2.24. The van der Waals surface area contributed by atoms with Gasteiger partial charge in [-0.15, -0.1) is 11.8 Å². The first-order chi connectivity index (χ1) is 12.1. The molecule has 2 heterocycles. The molecule has 1 aliphatic heterocycles. The van der Waals surface area contributed by atoms with Crippen molar-refractivity contribution in [1.82, 2.24) is 4.57 Å². The maximum absolute atomic E-state index is 12.9. The van der Waals surface area contributed by atoms with Crippen LogP contribution < -0.4 is 10.7 Å². The third kappa shape index (κ3) is 2.55. The summed E-state index contributed by atoms with van der Waals surface area (Å²) in [5.41, 5.74) is 2.83. The van der Waals surface area contributed by atoms with Crippen LogP contribution in [0.25, 0.3) is 10.9 Å². The Balaban J connectivity index is 1.82. The van der Waals surface area contributed by atoms with E-state index in [-0.39, 0.29) is 22.9 Å². The topological polar surface area (TPSA) is 51.1 Å². The van der Waals surface area contributed by atoms with Crippen molar-refractivity contribution in [2.45, 2.75) is 24.3 Å². The predicted octanol–water partition coefficient (Wildman–Crippen LogP) is 4.09. The lowest BCUT2D eigenvalue weighted by molar-refractivity contribution is 0.102. The van der Waals surface area contributed by atoms with Gasteiger partial charge in [0.05, 0.1) is 11.2 Å². The van der Waals surface area contributed by atoms with Gasteiger partial charge in [-0.25, -0.2) is 0 Å². The van der Waals surface area contributed by atoms with E-state index in [1.165, 1.54) is 5.56 Å². The summed E-state index contributed by atoms with van der Waals surface area (Å²) in [5.74, 6) is -0.360. The quantitative estimate of drug-likeness (QED) is 0.724. The van der Waals surface area contributed by atoms with Crippen LogP contribution >= 0.6 is 11.8 Å². The molecule has 0 bridgehead atoms. The maximum atomic E-state index is 12.9. The summed E-state index contributed by atoms with van der Waals surface area (Å²) < 4.78 is 2.06. The third-order valence-corrected chi connectivity index (χ3v) is 5.52. The lowest BCUT2D eigenvalue weighted by atomic mass is 10.1. The Hall–Kier alpha value is -2.53. The van der Waals surface area contributed by atoms with E-state index < -0.39 is 0 Å². The maximum Gasteiger partial charge on any atom is 0.261 e. The standard InChI is InChI=1S/C20H18N2O2S/c1-12-10-13-6-5-7-14-18(13)22(12)11-15(19(14)23)20(24)21-16-8-3-4-9-17(16)25-2/h3-9,11-12H,10H2,1-2H3,(H,21,24). The number of carbonyl (C=O) groups excluding carboxylic acids is 1. The zero-order valence-corrected chi connectivity index (χ0v) is 14.9. The highest BCUT2D eigenvalue weighted by molar-refractivity contribution is 7.98. The Morgan fingerprint density at radius 2 is 2.00 bits per heavy atom. The molecule has 0 saturated heterocycles. The normalized spacial score (nSPS) is 15.5. The third-order valence-electron chi connectivity index (χ3n) is 4.73. The smallest absolute Gasteiger partial charge is 0.261 e. The largest absolute Gasteiger partial charge is 0.343 e. The van der Waals surface area contributed by atoms with E-state index in [0.717, 1.165) is 22.5 Å². The summed E-state index contributed by atoms with van der Waals surface area (Å²) in [5, 5.41) is 3.51. The van der Waals surface area contributed by atoms with Gasteiger partial charge in [0.2, 0.25) is 5.43 Å². The van der Waals surface area contributed by atoms with Crippen LogP contribution in [-0.4, -0.2) is 16.7 Å². The number of pyridine rings is 1. The average Bonchev–Trinajstić information content (AvgIpc) is 2.94. The fraction of sp³-hybridized carbons (Fsp3) is 0.200. The predicted molar refractivity (Wildman–Crippen MR) is 103 cm³/mol. The Labute approximate surface area is 149 Å². The monoisotopic (exact) mass is 350 g/mol. The number of nitrogens with one attached hydrogen (secondary N) is 1. The molecule has 1 amide bonds. The second-order valence-electron chi connectivity index (χ2n) is 6.30. The molecule has 1 N–H and O–H groups in total. The molecule has 3 aromatic rings. The van der Waals surface area contributed by atoms with Gasteiger partial charge in [-0.1, -0.05) is 24.3 Å². The molecule has 1 aliphatic rings. The number of carbonyl (C=O) groups is 1. The molecule has 4 nitrogen and oxygen atoms in total. The van der Waals surface area contributed by atoms with Crippen molar-refractivity contribution in [3.05, 3.63) is 70.0 Å². The van der Waals surface area contributed by atoms with E-state index in [0.29, 0.717) is 5.39 Å². The van der Waals surface area contributed by atoms with Gasteiger partial charge in [0.15, 0.2) is 0 Å². The second-order valence-corrected chi connectivity index (χ2v) is 7.15. The molecule has 0 spiro atoms. The van der Waals surface area contributed by atoms with Gasteiger partial charge >= 0.3 is 0 Å². The van der Waals surface area contributed by atoms with Gasteiger partial charge in [-0.3, -0.25) is 9.59 Å². The van der Waals surface area contributed by atoms with Crippen molar-refractivity contribution < 1.29 is 4.79 Å². The summed E-state index contributed by atoms with van der Waals surface area (Å²) >= 11 is 1.56. The fourth-order valence-corrected chi connectivity index (χ4v) is 4.07. The molecular formula is C20H18N2O2S. The number of anilines is 1. The van der Waals surface area contributed by atoms with Crippen molar-refractivity contribution in [3.63, 3.8) is 0 Å². The Kier molecular flexibility index (Phi) is 3.88. The first-order valence-corrected chi connectivity index (χ1v) is 9.43. The van der Waals surface area contributed by atoms with Crippen LogP contribution in [0.15, 0.2) is 58.4 Å². The molecule has 5 heteroatoms. The molecule has 0 saturated carbocycles. The highest BCUT2D eigenvalue weighted by Crippen LogP contribution is 2.31. The van der Waals surface area contributed by atoms with Gasteiger partial charge < -0.3 is 9.88 Å². The van der Waals surface area contributed by atoms with Gasteiger partial charge in [-0.2, -0.15) is 0 Å². The second kappa shape index (κ2) is 6.08. The molecule has 126 valence electrons. The zero-order chi connectivity index (χ0) is 17.6. The Bertz CT molecular complexity index is 1060. The molecule has 0 radical (unpaired) electrons. The first-order valence-electron chi connectivity index (χ1n) is 8.21. The number of nitrogens with zero attached hydrogens (tertiary/aromatic N) is 1. The molecule has 1 unspecified atom stereocenters. The van der Waals surface area contributed by atoms with Crippen molar-refractivity contribution in [1.29, 1.82) is 0 Å². The number of rotatable bonds is 3. The number of amides is 1. The van der Waals surface area contributed by atoms with Crippen molar-refractivity contribution >= 4 is 34.3 Å². The number of hydrogen-bond acceptors (Lipinski definition) is 3. The number of aromatic nitrogens is 1. The van der Waals surface area contributed by atoms with Crippen molar-refractivity contribution in [2.75, 3.05) is 11.6 Å². The molecule has 0 aliphatic carbocycles. The minimum absolute atomic E-state index is 0.189. The van der Waals surface area contributed by atoms with E-state index in [1.807, 2.05) is 42.7 Å². The van der Waals surface area contributed by atoms with Crippen molar-refractivity contribution in [2.24, 2.45) is 0 Å². The molecule has 0 fully saturated rings. The molecular weight excluding hydrogens is 332 g/mol. The summed E-state index contributed by atoms with van der Waals surface area (Å²) in [7, 11) is 0. The van der Waals surface area contributed by atoms with Gasteiger partial charge in [-0.05, 0) is 43.4 Å². The van der Waals surface area contributed by atoms with Gasteiger partial charge in [0.25, 0.3) is 5.91 Å². The van der Waals surface area contributed by atoms with E-state index in [4.69, 9.17) is 0 Å². The number of hydrogen-bond donors (Lipinski definition) is 1. The highest BCUT2D eigenvalue weighted by atomic mass is 32.2. The van der Waals surface area contributed by atoms with E-state index in [1.54, 1.807) is 18.0 Å². The fourth-order valence-electron chi connectivity index (χ4n) is 3.52. The first kappa shape index (κ1) is 16.0. The molecule has 2 aromatic carbocycles. The van der Waals surface area contributed by atoms with Crippen LogP contribution in [0.4, 0.5) is 5.69 Å². The molecule has 1 aromatic heterocycles. The van der Waals surface area contributed by atoms with Crippen LogP contribution in [0.3, 0.4) is 0 Å². The Morgan fingerprint density at radius 3 is 2.80 bits per heavy atom. The van der Waals surface area contributed by atoms with Gasteiger partial charge in [0, 0.05) is 22.5 Å². The van der Waals surface area contributed by atoms with Crippen LogP contribution in [0.1, 0.15) is 28.9 Å². The SMILES string of the molecule is CSc1ccccc1NC(=O)c1cn2c3c(cccc3c1=O)CC2C. The summed E-state index contributed by atoms with van der Waals surface area (Å²) in [6.07, 6.45) is 4.56. The van der Waals surface area contributed by atoms with Crippen LogP contribution in [0.2, 0.25) is 0 Å². The van der Waals surface area contributed by atoms with Crippen LogP contribution in [-0.2, 0) is 6.42 Å². The number of para-hydroxylation sites is 2. The lowest BCUT2D eigenvalue weighted by Gasteiger charge is -2.13. The summed E-state index contributed by atoms with van der Waals surface area (Å²) in [6.45, 7) is 2.11. The molecule has 4 rings (SSSR count). The van der Waals surface area contributed by atoms with Crippen LogP contribution in [0.5, 0.6) is 0 Å². The van der Waals surface area contributed by atoms with Gasteiger partial charge in [0.1, 0.15) is 5.56 Å². The van der Waals surface area contributed by atoms with Crippen LogP contribution in [0, 0.1) is 0 Å².